The molecule has 2 aromatic rings. The zero-order chi connectivity index (χ0) is 12.3. The van der Waals surface area contributed by atoms with Crippen LogP contribution in [-0.4, -0.2) is 22.7 Å². The second-order valence-electron chi connectivity index (χ2n) is 3.29. The summed E-state index contributed by atoms with van der Waals surface area (Å²) in [6.07, 6.45) is 1.55. The van der Waals surface area contributed by atoms with Gasteiger partial charge in [-0.1, -0.05) is 11.3 Å². The predicted octanol–water partition coefficient (Wildman–Crippen LogP) is 2.69. The lowest BCUT2D eigenvalue weighted by Crippen LogP contribution is -2.04. The Hall–Kier alpha value is -1.88. The second kappa shape index (κ2) is 4.97. The van der Waals surface area contributed by atoms with Gasteiger partial charge in [0.05, 0.1) is 22.7 Å². The number of ether oxygens (including phenoxy) is 1. The highest BCUT2D eigenvalue weighted by atomic mass is 32.1. The number of pyridine rings is 1. The van der Waals surface area contributed by atoms with Crippen molar-refractivity contribution in [1.82, 2.24) is 4.98 Å². The van der Waals surface area contributed by atoms with Gasteiger partial charge >= 0.3 is 5.97 Å². The van der Waals surface area contributed by atoms with Crippen molar-refractivity contribution in [3.8, 4) is 15.6 Å². The lowest BCUT2D eigenvalue weighted by atomic mass is 10.2. The predicted molar refractivity (Wildman–Crippen MR) is 65.2 cm³/mol. The average molecular weight is 249 g/mol. The van der Waals surface area contributed by atoms with Gasteiger partial charge in [0.1, 0.15) is 0 Å². The molecule has 0 radical (unpaired) electrons. The van der Waals surface area contributed by atoms with E-state index >= 15 is 0 Å². The summed E-state index contributed by atoms with van der Waals surface area (Å²) in [6, 6.07) is 6.62. The van der Waals surface area contributed by atoms with Gasteiger partial charge < -0.3 is 9.84 Å². The molecule has 0 atom stereocenters. The van der Waals surface area contributed by atoms with Crippen LogP contribution in [0.3, 0.4) is 0 Å². The first-order chi connectivity index (χ1) is 8.20. The molecule has 0 unspecified atom stereocenters. The van der Waals surface area contributed by atoms with Crippen LogP contribution in [0.25, 0.3) is 10.6 Å². The van der Waals surface area contributed by atoms with E-state index in [2.05, 4.69) is 4.98 Å². The highest BCUT2D eigenvalue weighted by Crippen LogP contribution is 2.30. The fraction of sp³-hybridized carbons (Fsp3) is 0.167. The third-order valence-electron chi connectivity index (χ3n) is 2.12. The van der Waals surface area contributed by atoms with E-state index in [9.17, 15) is 9.90 Å². The fourth-order valence-corrected chi connectivity index (χ4v) is 2.09. The lowest BCUT2D eigenvalue weighted by Gasteiger charge is -2.02. The van der Waals surface area contributed by atoms with Crippen LogP contribution in [-0.2, 0) is 4.74 Å². The van der Waals surface area contributed by atoms with E-state index < -0.39 is 0 Å². The number of aromatic nitrogens is 1. The summed E-state index contributed by atoms with van der Waals surface area (Å²) in [5.74, 6) is -0.364. The van der Waals surface area contributed by atoms with Crippen LogP contribution >= 0.6 is 11.3 Å². The van der Waals surface area contributed by atoms with E-state index in [1.54, 1.807) is 37.4 Å². The molecule has 5 heteroatoms. The van der Waals surface area contributed by atoms with E-state index in [1.165, 1.54) is 11.3 Å². The van der Waals surface area contributed by atoms with Crippen molar-refractivity contribution in [1.29, 1.82) is 0 Å². The molecule has 0 bridgehead atoms. The summed E-state index contributed by atoms with van der Waals surface area (Å²) < 4.78 is 4.91. The SMILES string of the molecule is CCOC(=O)c1ccnc(-c2ccc(O)s2)c1. The first kappa shape index (κ1) is 11.6. The number of thiophene rings is 1. The van der Waals surface area contributed by atoms with E-state index in [-0.39, 0.29) is 11.0 Å². The van der Waals surface area contributed by atoms with Gasteiger partial charge in [0.2, 0.25) is 0 Å². The van der Waals surface area contributed by atoms with Gasteiger partial charge in [0.15, 0.2) is 5.06 Å². The summed E-state index contributed by atoms with van der Waals surface area (Å²) in [7, 11) is 0. The van der Waals surface area contributed by atoms with E-state index in [4.69, 9.17) is 4.74 Å². The van der Waals surface area contributed by atoms with Crippen molar-refractivity contribution in [2.24, 2.45) is 0 Å². The Balaban J connectivity index is 2.31. The minimum Gasteiger partial charge on any atom is -0.499 e. The number of carbonyl (C=O) groups is 1. The molecule has 2 aromatic heterocycles. The van der Waals surface area contributed by atoms with Gasteiger partial charge in [-0.3, -0.25) is 4.98 Å². The molecular weight excluding hydrogens is 238 g/mol. The Morgan fingerprint density at radius 3 is 2.94 bits per heavy atom. The van der Waals surface area contributed by atoms with Crippen LogP contribution in [0.5, 0.6) is 5.06 Å². The molecule has 0 fully saturated rings. The monoisotopic (exact) mass is 249 g/mol. The Morgan fingerprint density at radius 1 is 1.47 bits per heavy atom. The maximum absolute atomic E-state index is 11.5. The summed E-state index contributed by atoms with van der Waals surface area (Å²) >= 11 is 1.22. The average Bonchev–Trinajstić information content (AvgIpc) is 2.76. The third-order valence-corrected chi connectivity index (χ3v) is 3.03. The molecule has 2 heterocycles. The molecule has 0 aliphatic rings. The smallest absolute Gasteiger partial charge is 0.338 e. The molecule has 0 aliphatic heterocycles. The number of nitrogens with zero attached hydrogens (tertiary/aromatic N) is 1. The zero-order valence-electron chi connectivity index (χ0n) is 9.21. The Bertz CT molecular complexity index is 536. The largest absolute Gasteiger partial charge is 0.499 e. The fourth-order valence-electron chi connectivity index (χ4n) is 1.37. The highest BCUT2D eigenvalue weighted by Gasteiger charge is 2.09. The van der Waals surface area contributed by atoms with Crippen LogP contribution in [0.2, 0.25) is 0 Å². The number of hydrogen-bond acceptors (Lipinski definition) is 5. The number of hydrogen-bond donors (Lipinski definition) is 1. The van der Waals surface area contributed by atoms with Gasteiger partial charge in [-0.25, -0.2) is 4.79 Å². The van der Waals surface area contributed by atoms with Crippen LogP contribution in [0.15, 0.2) is 30.5 Å². The van der Waals surface area contributed by atoms with E-state index in [0.717, 1.165) is 4.88 Å². The third kappa shape index (κ3) is 2.62. The van der Waals surface area contributed by atoms with E-state index in [0.29, 0.717) is 17.9 Å². The number of rotatable bonds is 3. The van der Waals surface area contributed by atoms with E-state index in [1.807, 2.05) is 0 Å². The quantitative estimate of drug-likeness (QED) is 0.850. The number of esters is 1. The van der Waals surface area contributed by atoms with Gasteiger partial charge in [-0.05, 0) is 31.2 Å². The molecule has 0 saturated heterocycles. The van der Waals surface area contributed by atoms with Gasteiger partial charge in [0, 0.05) is 6.20 Å². The maximum atomic E-state index is 11.5. The van der Waals surface area contributed by atoms with Crippen LogP contribution in [0.4, 0.5) is 0 Å². The molecule has 1 N–H and O–H groups in total. The summed E-state index contributed by atoms with van der Waals surface area (Å²) in [5, 5.41) is 9.50. The van der Waals surface area contributed by atoms with Crippen molar-refractivity contribution in [3.05, 3.63) is 36.0 Å². The van der Waals surface area contributed by atoms with Gasteiger partial charge in [-0.15, -0.1) is 0 Å². The molecule has 4 nitrogen and oxygen atoms in total. The molecule has 0 aliphatic carbocycles. The maximum Gasteiger partial charge on any atom is 0.338 e. The topological polar surface area (TPSA) is 59.4 Å². The molecule has 0 aromatic carbocycles. The Morgan fingerprint density at radius 2 is 2.29 bits per heavy atom. The number of aromatic hydroxyl groups is 1. The Labute approximate surface area is 103 Å². The molecule has 0 amide bonds. The minimum absolute atomic E-state index is 0.225. The van der Waals surface area contributed by atoms with Crippen molar-refractivity contribution >= 4 is 17.3 Å². The molecular formula is C12H11NO3S. The summed E-state index contributed by atoms with van der Waals surface area (Å²) in [4.78, 5) is 16.5. The number of carbonyl (C=O) groups excluding carboxylic acids is 1. The van der Waals surface area contributed by atoms with Crippen molar-refractivity contribution in [2.75, 3.05) is 6.61 Å². The zero-order valence-corrected chi connectivity index (χ0v) is 10.0. The standard InChI is InChI=1S/C12H11NO3S/c1-2-16-12(15)8-5-6-13-9(7-8)10-3-4-11(14)17-10/h3-7,14H,2H2,1H3. The molecule has 0 saturated carbocycles. The molecule has 2 rings (SSSR count). The summed E-state index contributed by atoms with van der Waals surface area (Å²) in [5.41, 5.74) is 1.12. The molecule has 0 spiro atoms. The van der Waals surface area contributed by atoms with Crippen molar-refractivity contribution < 1.29 is 14.6 Å². The van der Waals surface area contributed by atoms with Gasteiger partial charge in [0.25, 0.3) is 0 Å². The highest BCUT2D eigenvalue weighted by molar-refractivity contribution is 7.17. The van der Waals surface area contributed by atoms with Crippen LogP contribution in [0.1, 0.15) is 17.3 Å². The minimum atomic E-state index is -0.364. The second-order valence-corrected chi connectivity index (χ2v) is 4.35. The van der Waals surface area contributed by atoms with Crippen molar-refractivity contribution in [3.63, 3.8) is 0 Å². The Kier molecular flexibility index (Phi) is 3.39. The summed E-state index contributed by atoms with van der Waals surface area (Å²) in [6.45, 7) is 2.10. The van der Waals surface area contributed by atoms with Crippen LogP contribution < -0.4 is 0 Å². The normalized spacial score (nSPS) is 10.2. The first-order valence-corrected chi connectivity index (χ1v) is 5.94. The van der Waals surface area contributed by atoms with Crippen molar-refractivity contribution in [2.45, 2.75) is 6.92 Å². The first-order valence-electron chi connectivity index (χ1n) is 5.13. The lowest BCUT2D eigenvalue weighted by molar-refractivity contribution is 0.0526. The van der Waals surface area contributed by atoms with Crippen LogP contribution in [0, 0.1) is 0 Å². The molecule has 17 heavy (non-hydrogen) atoms. The van der Waals surface area contributed by atoms with Gasteiger partial charge in [-0.2, -0.15) is 0 Å². The molecule has 88 valence electrons.